The molecule has 0 bridgehead atoms. The third kappa shape index (κ3) is 4.49. The summed E-state index contributed by atoms with van der Waals surface area (Å²) in [6.07, 6.45) is 0. The molecule has 3 heteroatoms. The molecule has 0 spiro atoms. The average molecular weight is 247 g/mol. The molecule has 0 heterocycles. The van der Waals surface area contributed by atoms with Gasteiger partial charge in [0.1, 0.15) is 0 Å². The zero-order chi connectivity index (χ0) is 13.5. The van der Waals surface area contributed by atoms with Gasteiger partial charge in [0.15, 0.2) is 0 Å². The zero-order valence-corrected chi connectivity index (χ0v) is 11.7. The second kappa shape index (κ2) is 7.17. The molecule has 1 rings (SSSR count). The van der Waals surface area contributed by atoms with Gasteiger partial charge in [-0.2, -0.15) is 0 Å². The van der Waals surface area contributed by atoms with Crippen LogP contribution in [0.25, 0.3) is 0 Å². The molecule has 0 aliphatic carbocycles. The van der Waals surface area contributed by atoms with Gasteiger partial charge < -0.3 is 10.6 Å². The van der Waals surface area contributed by atoms with Gasteiger partial charge in [-0.3, -0.25) is 5.41 Å². The molecule has 1 aromatic carbocycles. The number of hydrogen-bond donors (Lipinski definition) is 2. The van der Waals surface area contributed by atoms with Crippen molar-refractivity contribution in [1.29, 1.82) is 5.41 Å². The Labute approximate surface area is 111 Å². The number of nitrogens with two attached hydrogens (primary N) is 1. The smallest absolute Gasteiger partial charge is 0.0995 e. The largest absolute Gasteiger partial charge is 0.387 e. The lowest BCUT2D eigenvalue weighted by molar-refractivity contribution is 0.253. The topological polar surface area (TPSA) is 53.1 Å². The summed E-state index contributed by atoms with van der Waals surface area (Å²) in [7, 11) is 0. The van der Waals surface area contributed by atoms with E-state index in [4.69, 9.17) is 11.1 Å². The Hall–Kier alpha value is -1.35. The Kier molecular flexibility index (Phi) is 5.86. The fourth-order valence-electron chi connectivity index (χ4n) is 2.18. The number of rotatable bonds is 7. The zero-order valence-electron chi connectivity index (χ0n) is 11.7. The van der Waals surface area contributed by atoms with E-state index in [0.29, 0.717) is 5.92 Å². The first-order valence-electron chi connectivity index (χ1n) is 6.65. The molecule has 0 amide bonds. The Morgan fingerprint density at radius 2 is 1.83 bits per heavy atom. The summed E-state index contributed by atoms with van der Waals surface area (Å²) in [5, 5.41) is 7.79. The molecule has 0 saturated heterocycles. The van der Waals surface area contributed by atoms with Crippen LogP contribution in [0.1, 0.15) is 32.3 Å². The highest BCUT2D eigenvalue weighted by Gasteiger charge is 2.18. The second-order valence-electron chi connectivity index (χ2n) is 5.16. The maximum atomic E-state index is 7.79. The van der Waals surface area contributed by atoms with E-state index in [0.717, 1.165) is 25.2 Å². The number of hydrogen-bond acceptors (Lipinski definition) is 2. The molecular formula is C15H25N3. The minimum Gasteiger partial charge on any atom is -0.387 e. The van der Waals surface area contributed by atoms with Gasteiger partial charge in [0.2, 0.25) is 0 Å². The van der Waals surface area contributed by atoms with Gasteiger partial charge in [-0.1, -0.05) is 51.1 Å². The van der Waals surface area contributed by atoms with E-state index in [2.05, 4.69) is 37.8 Å². The fourth-order valence-corrected chi connectivity index (χ4v) is 2.18. The lowest BCUT2D eigenvalue weighted by Crippen LogP contribution is -2.36. The highest BCUT2D eigenvalue weighted by atomic mass is 15.1. The third-order valence-corrected chi connectivity index (χ3v) is 3.09. The number of benzene rings is 1. The Balaban J connectivity index is 2.77. The van der Waals surface area contributed by atoms with Crippen molar-refractivity contribution in [2.75, 3.05) is 19.6 Å². The van der Waals surface area contributed by atoms with Gasteiger partial charge in [0.25, 0.3) is 0 Å². The van der Waals surface area contributed by atoms with Crippen LogP contribution >= 0.6 is 0 Å². The number of likely N-dealkylation sites (N-methyl/N-ethyl adjacent to an activating group) is 1. The lowest BCUT2D eigenvalue weighted by atomic mass is 9.97. The van der Waals surface area contributed by atoms with Crippen molar-refractivity contribution in [2.45, 2.75) is 26.7 Å². The summed E-state index contributed by atoms with van der Waals surface area (Å²) in [6.45, 7) is 9.46. The van der Waals surface area contributed by atoms with Crippen LogP contribution < -0.4 is 5.73 Å². The first kappa shape index (κ1) is 14.7. The minimum atomic E-state index is 0.00454. The van der Waals surface area contributed by atoms with Gasteiger partial charge in [-0.05, 0) is 18.0 Å². The van der Waals surface area contributed by atoms with Gasteiger partial charge in [-0.25, -0.2) is 0 Å². The molecule has 100 valence electrons. The van der Waals surface area contributed by atoms with Gasteiger partial charge in [0, 0.05) is 13.1 Å². The summed E-state index contributed by atoms with van der Waals surface area (Å²) in [6, 6.07) is 10.1. The van der Waals surface area contributed by atoms with Gasteiger partial charge in [-0.15, -0.1) is 0 Å². The molecule has 0 fully saturated rings. The second-order valence-corrected chi connectivity index (χ2v) is 5.16. The van der Waals surface area contributed by atoms with E-state index in [1.54, 1.807) is 0 Å². The van der Waals surface area contributed by atoms with Crippen molar-refractivity contribution in [2.24, 2.45) is 11.7 Å². The molecule has 0 aliphatic rings. The van der Waals surface area contributed by atoms with E-state index in [1.165, 1.54) is 0 Å². The van der Waals surface area contributed by atoms with Crippen molar-refractivity contribution in [1.82, 2.24) is 4.90 Å². The van der Waals surface area contributed by atoms with Crippen LogP contribution in [0.15, 0.2) is 30.3 Å². The molecule has 1 aromatic rings. The highest BCUT2D eigenvalue weighted by Crippen LogP contribution is 2.17. The normalized spacial score (nSPS) is 12.9. The maximum Gasteiger partial charge on any atom is 0.0995 e. The van der Waals surface area contributed by atoms with E-state index >= 15 is 0 Å². The first-order valence-corrected chi connectivity index (χ1v) is 6.65. The first-order chi connectivity index (χ1) is 8.54. The van der Waals surface area contributed by atoms with Crippen molar-refractivity contribution >= 4 is 5.84 Å². The third-order valence-electron chi connectivity index (χ3n) is 3.09. The molecule has 0 saturated carbocycles. The van der Waals surface area contributed by atoms with E-state index in [1.807, 2.05) is 18.2 Å². The molecule has 3 nitrogen and oxygen atoms in total. The van der Waals surface area contributed by atoms with Crippen LogP contribution in [0.3, 0.4) is 0 Å². The summed E-state index contributed by atoms with van der Waals surface area (Å²) in [4.78, 5) is 2.36. The summed E-state index contributed by atoms with van der Waals surface area (Å²) in [5.41, 5.74) is 6.89. The van der Waals surface area contributed by atoms with E-state index < -0.39 is 0 Å². The summed E-state index contributed by atoms with van der Waals surface area (Å²) in [5.74, 6) is 0.890. The standard InChI is InChI=1S/C15H25N3/c1-4-18(10-12(2)3)11-14(15(16)17)13-8-6-5-7-9-13/h5-9,12,14H,4,10-11H2,1-3H3,(H3,16,17). The quantitative estimate of drug-likeness (QED) is 0.575. The molecule has 18 heavy (non-hydrogen) atoms. The fraction of sp³-hybridized carbons (Fsp3) is 0.533. The van der Waals surface area contributed by atoms with Crippen LogP contribution in [-0.4, -0.2) is 30.4 Å². The van der Waals surface area contributed by atoms with Crippen molar-refractivity contribution in [3.63, 3.8) is 0 Å². The Morgan fingerprint density at radius 3 is 2.28 bits per heavy atom. The maximum absolute atomic E-state index is 7.79. The Morgan fingerprint density at radius 1 is 1.22 bits per heavy atom. The molecular weight excluding hydrogens is 222 g/mol. The molecule has 1 atom stereocenters. The Bertz CT molecular complexity index is 359. The lowest BCUT2D eigenvalue weighted by Gasteiger charge is -2.27. The number of nitrogens with zero attached hydrogens (tertiary/aromatic N) is 1. The average Bonchev–Trinajstić information content (AvgIpc) is 2.34. The number of nitrogens with one attached hydrogen (secondary N) is 1. The summed E-state index contributed by atoms with van der Waals surface area (Å²) < 4.78 is 0. The van der Waals surface area contributed by atoms with Crippen molar-refractivity contribution in [3.05, 3.63) is 35.9 Å². The minimum absolute atomic E-state index is 0.00454. The van der Waals surface area contributed by atoms with Crippen LogP contribution in [0.4, 0.5) is 0 Å². The molecule has 0 radical (unpaired) electrons. The van der Waals surface area contributed by atoms with Crippen LogP contribution in [0.5, 0.6) is 0 Å². The van der Waals surface area contributed by atoms with Crippen LogP contribution in [0.2, 0.25) is 0 Å². The van der Waals surface area contributed by atoms with Crippen molar-refractivity contribution < 1.29 is 0 Å². The van der Waals surface area contributed by atoms with E-state index in [9.17, 15) is 0 Å². The molecule has 3 N–H and O–H groups in total. The SMILES string of the molecule is CCN(CC(C)C)CC(C(=N)N)c1ccccc1. The van der Waals surface area contributed by atoms with E-state index in [-0.39, 0.29) is 11.8 Å². The number of amidine groups is 1. The molecule has 0 aliphatic heterocycles. The monoisotopic (exact) mass is 247 g/mol. The van der Waals surface area contributed by atoms with Gasteiger partial charge >= 0.3 is 0 Å². The predicted molar refractivity (Wildman–Crippen MR) is 78.0 cm³/mol. The van der Waals surface area contributed by atoms with Gasteiger partial charge in [0.05, 0.1) is 11.8 Å². The molecule has 0 aromatic heterocycles. The predicted octanol–water partition coefficient (Wildman–Crippen LogP) is 2.68. The van der Waals surface area contributed by atoms with Crippen LogP contribution in [0, 0.1) is 11.3 Å². The summed E-state index contributed by atoms with van der Waals surface area (Å²) >= 11 is 0. The highest BCUT2D eigenvalue weighted by molar-refractivity contribution is 5.84. The molecule has 1 unspecified atom stereocenters. The van der Waals surface area contributed by atoms with Crippen LogP contribution in [-0.2, 0) is 0 Å². The van der Waals surface area contributed by atoms with Crippen molar-refractivity contribution in [3.8, 4) is 0 Å².